The standard InChI is InChI=1S/C16H14BrN3O/c17-13-6-7-16(21)12(10-13)11-18-14-4-1-2-5-15(14)20-9-3-8-19-20/h1-10,18,21H,11H2. The molecule has 0 fully saturated rings. The molecule has 0 amide bonds. The third-order valence-corrected chi connectivity index (χ3v) is 3.66. The third-order valence-electron chi connectivity index (χ3n) is 3.17. The Bertz CT molecular complexity index is 741. The minimum Gasteiger partial charge on any atom is -0.508 e. The first-order valence-electron chi connectivity index (χ1n) is 6.54. The van der Waals surface area contributed by atoms with Crippen LogP contribution in [0.4, 0.5) is 5.69 Å². The summed E-state index contributed by atoms with van der Waals surface area (Å²) in [7, 11) is 0. The Hall–Kier alpha value is -2.27. The van der Waals surface area contributed by atoms with Crippen LogP contribution in [-0.2, 0) is 6.54 Å². The molecule has 0 saturated heterocycles. The van der Waals surface area contributed by atoms with Crippen LogP contribution in [0.2, 0.25) is 0 Å². The highest BCUT2D eigenvalue weighted by molar-refractivity contribution is 9.10. The van der Waals surface area contributed by atoms with Crippen molar-refractivity contribution >= 4 is 21.6 Å². The van der Waals surface area contributed by atoms with Crippen LogP contribution in [-0.4, -0.2) is 14.9 Å². The van der Waals surface area contributed by atoms with Crippen molar-refractivity contribution in [2.45, 2.75) is 6.54 Å². The summed E-state index contributed by atoms with van der Waals surface area (Å²) in [4.78, 5) is 0. The Morgan fingerprint density at radius 3 is 2.81 bits per heavy atom. The fourth-order valence-electron chi connectivity index (χ4n) is 2.12. The van der Waals surface area contributed by atoms with Crippen LogP contribution in [0.3, 0.4) is 0 Å². The Morgan fingerprint density at radius 2 is 2.00 bits per heavy atom. The second-order valence-corrected chi connectivity index (χ2v) is 5.51. The van der Waals surface area contributed by atoms with Crippen LogP contribution < -0.4 is 5.32 Å². The zero-order valence-electron chi connectivity index (χ0n) is 11.2. The summed E-state index contributed by atoms with van der Waals surface area (Å²) in [5.74, 6) is 0.280. The molecule has 1 heterocycles. The molecular weight excluding hydrogens is 330 g/mol. The maximum atomic E-state index is 9.89. The van der Waals surface area contributed by atoms with E-state index >= 15 is 0 Å². The molecule has 0 aliphatic carbocycles. The van der Waals surface area contributed by atoms with Crippen LogP contribution in [0.5, 0.6) is 5.75 Å². The van der Waals surface area contributed by atoms with Crippen molar-refractivity contribution < 1.29 is 5.11 Å². The lowest BCUT2D eigenvalue weighted by molar-refractivity contribution is 0.469. The van der Waals surface area contributed by atoms with E-state index in [0.29, 0.717) is 6.54 Å². The summed E-state index contributed by atoms with van der Waals surface area (Å²) in [6, 6.07) is 15.2. The van der Waals surface area contributed by atoms with Gasteiger partial charge >= 0.3 is 0 Å². The lowest BCUT2D eigenvalue weighted by atomic mass is 10.2. The van der Waals surface area contributed by atoms with Gasteiger partial charge < -0.3 is 10.4 Å². The first-order valence-corrected chi connectivity index (χ1v) is 7.33. The lowest BCUT2D eigenvalue weighted by Gasteiger charge is -2.13. The lowest BCUT2D eigenvalue weighted by Crippen LogP contribution is -2.05. The van der Waals surface area contributed by atoms with Crippen LogP contribution in [0.1, 0.15) is 5.56 Å². The molecule has 0 spiro atoms. The van der Waals surface area contributed by atoms with Crippen molar-refractivity contribution in [3.05, 3.63) is 71.0 Å². The summed E-state index contributed by atoms with van der Waals surface area (Å²) in [5, 5.41) is 17.5. The molecule has 0 aliphatic rings. The third kappa shape index (κ3) is 3.08. The molecule has 0 bridgehead atoms. The van der Waals surface area contributed by atoms with E-state index in [1.807, 2.05) is 53.3 Å². The highest BCUT2D eigenvalue weighted by Gasteiger charge is 2.06. The molecular formula is C16H14BrN3O. The average Bonchev–Trinajstić information content (AvgIpc) is 3.03. The number of anilines is 1. The van der Waals surface area contributed by atoms with Gasteiger partial charge in [0.1, 0.15) is 5.75 Å². The predicted octanol–water partition coefficient (Wildman–Crippen LogP) is 3.95. The molecule has 0 radical (unpaired) electrons. The van der Waals surface area contributed by atoms with E-state index < -0.39 is 0 Å². The fraction of sp³-hybridized carbons (Fsp3) is 0.0625. The van der Waals surface area contributed by atoms with E-state index in [0.717, 1.165) is 21.4 Å². The van der Waals surface area contributed by atoms with Gasteiger partial charge in [-0.05, 0) is 36.4 Å². The van der Waals surface area contributed by atoms with E-state index in [2.05, 4.69) is 26.3 Å². The van der Waals surface area contributed by atoms with E-state index in [-0.39, 0.29) is 5.75 Å². The minimum absolute atomic E-state index is 0.280. The van der Waals surface area contributed by atoms with Gasteiger partial charge in [0.2, 0.25) is 0 Å². The number of rotatable bonds is 4. The Balaban J connectivity index is 1.84. The Morgan fingerprint density at radius 1 is 1.14 bits per heavy atom. The number of nitrogens with zero attached hydrogens (tertiary/aromatic N) is 2. The molecule has 21 heavy (non-hydrogen) atoms. The molecule has 1 aromatic heterocycles. The highest BCUT2D eigenvalue weighted by Crippen LogP contribution is 2.24. The van der Waals surface area contributed by atoms with Gasteiger partial charge in [-0.15, -0.1) is 0 Å². The number of hydrogen-bond acceptors (Lipinski definition) is 3. The van der Waals surface area contributed by atoms with Crippen LogP contribution in [0.25, 0.3) is 5.69 Å². The zero-order chi connectivity index (χ0) is 14.7. The molecule has 4 nitrogen and oxygen atoms in total. The molecule has 0 aliphatic heterocycles. The number of benzene rings is 2. The Kier molecular flexibility index (Phi) is 3.92. The summed E-state index contributed by atoms with van der Waals surface area (Å²) in [5.41, 5.74) is 2.76. The largest absolute Gasteiger partial charge is 0.508 e. The van der Waals surface area contributed by atoms with Crippen molar-refractivity contribution in [2.24, 2.45) is 0 Å². The quantitative estimate of drug-likeness (QED) is 0.753. The van der Waals surface area contributed by atoms with E-state index in [1.165, 1.54) is 0 Å². The average molecular weight is 344 g/mol. The number of nitrogens with one attached hydrogen (secondary N) is 1. The zero-order valence-corrected chi connectivity index (χ0v) is 12.8. The second kappa shape index (κ2) is 6.01. The molecule has 2 aromatic carbocycles. The molecule has 3 aromatic rings. The summed E-state index contributed by atoms with van der Waals surface area (Å²) < 4.78 is 2.75. The molecule has 3 rings (SSSR count). The predicted molar refractivity (Wildman–Crippen MR) is 86.7 cm³/mol. The maximum Gasteiger partial charge on any atom is 0.120 e. The maximum absolute atomic E-state index is 9.89. The summed E-state index contributed by atoms with van der Waals surface area (Å²) in [6.45, 7) is 0.531. The molecule has 106 valence electrons. The smallest absolute Gasteiger partial charge is 0.120 e. The van der Waals surface area contributed by atoms with Gasteiger partial charge in [0.15, 0.2) is 0 Å². The second-order valence-electron chi connectivity index (χ2n) is 4.59. The number of phenols is 1. The van der Waals surface area contributed by atoms with Gasteiger partial charge in [-0.25, -0.2) is 4.68 Å². The van der Waals surface area contributed by atoms with Crippen molar-refractivity contribution in [1.82, 2.24) is 9.78 Å². The molecule has 0 unspecified atom stereocenters. The number of phenolic OH excluding ortho intramolecular Hbond substituents is 1. The first-order chi connectivity index (χ1) is 10.2. The van der Waals surface area contributed by atoms with Crippen molar-refractivity contribution in [2.75, 3.05) is 5.32 Å². The summed E-state index contributed by atoms with van der Waals surface area (Å²) in [6.07, 6.45) is 3.65. The highest BCUT2D eigenvalue weighted by atomic mass is 79.9. The van der Waals surface area contributed by atoms with E-state index in [9.17, 15) is 5.11 Å². The van der Waals surface area contributed by atoms with Crippen molar-refractivity contribution in [1.29, 1.82) is 0 Å². The first kappa shape index (κ1) is 13.7. The normalized spacial score (nSPS) is 10.5. The topological polar surface area (TPSA) is 50.1 Å². The van der Waals surface area contributed by atoms with Gasteiger partial charge in [0.05, 0.1) is 11.4 Å². The Labute approximate surface area is 131 Å². The van der Waals surface area contributed by atoms with Gasteiger partial charge in [-0.3, -0.25) is 0 Å². The number of halogens is 1. The fourth-order valence-corrected chi connectivity index (χ4v) is 2.53. The van der Waals surface area contributed by atoms with Gasteiger partial charge in [0, 0.05) is 29.0 Å². The van der Waals surface area contributed by atoms with Gasteiger partial charge in [0.25, 0.3) is 0 Å². The SMILES string of the molecule is Oc1ccc(Br)cc1CNc1ccccc1-n1cccn1. The molecule has 0 saturated carbocycles. The van der Waals surface area contributed by atoms with Crippen molar-refractivity contribution in [3.63, 3.8) is 0 Å². The molecule has 5 heteroatoms. The van der Waals surface area contributed by atoms with Crippen LogP contribution in [0.15, 0.2) is 65.4 Å². The number of aromatic hydroxyl groups is 1. The number of para-hydroxylation sites is 2. The van der Waals surface area contributed by atoms with E-state index in [4.69, 9.17) is 0 Å². The van der Waals surface area contributed by atoms with Crippen LogP contribution in [0, 0.1) is 0 Å². The van der Waals surface area contributed by atoms with Gasteiger partial charge in [-0.1, -0.05) is 28.1 Å². The monoisotopic (exact) mass is 343 g/mol. The minimum atomic E-state index is 0.280. The molecule has 2 N–H and O–H groups in total. The number of hydrogen-bond donors (Lipinski definition) is 2. The van der Waals surface area contributed by atoms with Gasteiger partial charge in [-0.2, -0.15) is 5.10 Å². The summed E-state index contributed by atoms with van der Waals surface area (Å²) >= 11 is 3.42. The van der Waals surface area contributed by atoms with E-state index in [1.54, 1.807) is 12.3 Å². The van der Waals surface area contributed by atoms with Crippen LogP contribution >= 0.6 is 15.9 Å². The number of aromatic nitrogens is 2. The molecule has 0 atom stereocenters. The van der Waals surface area contributed by atoms with Crippen molar-refractivity contribution in [3.8, 4) is 11.4 Å².